The van der Waals surface area contributed by atoms with E-state index in [1.54, 1.807) is 12.4 Å². The normalized spacial score (nSPS) is 22.3. The van der Waals surface area contributed by atoms with Crippen molar-refractivity contribution in [3.05, 3.63) is 36.2 Å². The lowest BCUT2D eigenvalue weighted by Crippen LogP contribution is -2.59. The summed E-state index contributed by atoms with van der Waals surface area (Å²) in [5, 5.41) is 0. The molecule has 6 heteroatoms. The van der Waals surface area contributed by atoms with Crippen LogP contribution in [0.4, 0.5) is 4.79 Å². The molecule has 2 aromatic rings. The van der Waals surface area contributed by atoms with Gasteiger partial charge in [-0.05, 0) is 58.7 Å². The van der Waals surface area contributed by atoms with Crippen molar-refractivity contribution in [1.29, 1.82) is 0 Å². The van der Waals surface area contributed by atoms with Gasteiger partial charge in [-0.1, -0.05) is 13.0 Å². The molecule has 0 saturated carbocycles. The highest BCUT2D eigenvalue weighted by molar-refractivity contribution is 5.74. The maximum absolute atomic E-state index is 12.6. The van der Waals surface area contributed by atoms with Crippen molar-refractivity contribution < 1.29 is 9.53 Å². The van der Waals surface area contributed by atoms with Gasteiger partial charge in [-0.25, -0.2) is 4.79 Å². The van der Waals surface area contributed by atoms with E-state index < -0.39 is 5.60 Å². The number of carbonyl (C=O) groups excluding carboxylic acids is 1. The Hall–Kier alpha value is -2.21. The Morgan fingerprint density at radius 1 is 1.21 bits per heavy atom. The molecule has 0 bridgehead atoms. The molecular weight excluding hydrogens is 352 g/mol. The second-order valence-corrected chi connectivity index (χ2v) is 8.72. The predicted octanol–water partition coefficient (Wildman–Crippen LogP) is 4.41. The van der Waals surface area contributed by atoms with Gasteiger partial charge >= 0.3 is 6.09 Å². The van der Waals surface area contributed by atoms with Crippen LogP contribution in [0.15, 0.2) is 30.6 Å². The Balaban J connectivity index is 1.79. The topological polar surface area (TPSA) is 58.6 Å². The number of hydrogen-bond donors (Lipinski definition) is 0. The number of rotatable bonds is 3. The number of aromatic nitrogens is 2. The lowest BCUT2D eigenvalue weighted by Gasteiger charge is -2.47. The minimum Gasteiger partial charge on any atom is -0.444 e. The summed E-state index contributed by atoms with van der Waals surface area (Å²) in [4.78, 5) is 25.8. The van der Waals surface area contributed by atoms with E-state index in [0.29, 0.717) is 6.54 Å². The highest BCUT2D eigenvalue weighted by Gasteiger charge is 2.37. The summed E-state index contributed by atoms with van der Waals surface area (Å²) < 4.78 is 5.62. The summed E-state index contributed by atoms with van der Waals surface area (Å²) in [7, 11) is 0. The SMILES string of the molecule is CC[C@@H]1CN(C(=O)OC(C)(C)C)[C@@H](C)CN1C(C)c1ccc2nccnc2c1. The van der Waals surface area contributed by atoms with Gasteiger partial charge in [0.25, 0.3) is 0 Å². The molecule has 1 aromatic heterocycles. The molecule has 1 amide bonds. The summed E-state index contributed by atoms with van der Waals surface area (Å²) in [5.74, 6) is 0. The van der Waals surface area contributed by atoms with E-state index in [2.05, 4.69) is 47.8 Å². The van der Waals surface area contributed by atoms with Crippen LogP contribution in [0.5, 0.6) is 0 Å². The molecule has 3 rings (SSSR count). The van der Waals surface area contributed by atoms with Crippen LogP contribution in [0.1, 0.15) is 59.6 Å². The summed E-state index contributed by atoms with van der Waals surface area (Å²) in [6.07, 6.45) is 4.21. The monoisotopic (exact) mass is 384 g/mol. The Bertz CT molecular complexity index is 833. The van der Waals surface area contributed by atoms with E-state index in [1.165, 1.54) is 5.56 Å². The molecule has 28 heavy (non-hydrogen) atoms. The fourth-order valence-corrected chi connectivity index (χ4v) is 3.91. The number of amides is 1. The Kier molecular flexibility index (Phi) is 5.89. The van der Waals surface area contributed by atoms with E-state index in [9.17, 15) is 4.79 Å². The molecule has 6 nitrogen and oxygen atoms in total. The maximum atomic E-state index is 12.6. The van der Waals surface area contributed by atoms with Crippen LogP contribution >= 0.6 is 0 Å². The zero-order chi connectivity index (χ0) is 20.5. The minimum atomic E-state index is -0.477. The molecule has 152 valence electrons. The molecule has 1 aliphatic heterocycles. The van der Waals surface area contributed by atoms with Gasteiger partial charge in [0, 0.05) is 43.6 Å². The molecule has 0 N–H and O–H groups in total. The lowest BCUT2D eigenvalue weighted by molar-refractivity contribution is -0.0223. The van der Waals surface area contributed by atoms with Gasteiger partial charge in [0.2, 0.25) is 0 Å². The average Bonchev–Trinajstić information content (AvgIpc) is 2.65. The number of carbonyl (C=O) groups is 1. The summed E-state index contributed by atoms with van der Waals surface area (Å²) in [6.45, 7) is 13.7. The molecule has 1 unspecified atom stereocenters. The summed E-state index contributed by atoms with van der Waals surface area (Å²) in [6, 6.07) is 6.93. The first kappa shape index (κ1) is 20.5. The Labute approximate surface area is 167 Å². The van der Waals surface area contributed by atoms with Crippen LogP contribution in [0.25, 0.3) is 11.0 Å². The van der Waals surface area contributed by atoms with Crippen molar-refractivity contribution >= 4 is 17.1 Å². The number of nitrogens with zero attached hydrogens (tertiary/aromatic N) is 4. The van der Waals surface area contributed by atoms with Crippen molar-refractivity contribution in [3.8, 4) is 0 Å². The van der Waals surface area contributed by atoms with Crippen molar-refractivity contribution in [2.45, 2.75) is 71.7 Å². The first-order valence-electron chi connectivity index (χ1n) is 10.2. The number of piperazine rings is 1. The van der Waals surface area contributed by atoms with E-state index in [0.717, 1.165) is 24.0 Å². The molecule has 1 fully saturated rings. The van der Waals surface area contributed by atoms with Gasteiger partial charge in [0.15, 0.2) is 0 Å². The minimum absolute atomic E-state index is 0.0975. The van der Waals surface area contributed by atoms with Gasteiger partial charge in [0.1, 0.15) is 5.60 Å². The fraction of sp³-hybridized carbons (Fsp3) is 0.591. The molecule has 3 atom stereocenters. The van der Waals surface area contributed by atoms with Crippen LogP contribution in [0, 0.1) is 0 Å². The van der Waals surface area contributed by atoms with Gasteiger partial charge in [-0.2, -0.15) is 0 Å². The van der Waals surface area contributed by atoms with E-state index in [-0.39, 0.29) is 24.2 Å². The first-order chi connectivity index (χ1) is 13.2. The van der Waals surface area contributed by atoms with E-state index in [4.69, 9.17) is 4.74 Å². The van der Waals surface area contributed by atoms with Gasteiger partial charge in [-0.3, -0.25) is 14.9 Å². The number of hydrogen-bond acceptors (Lipinski definition) is 5. The number of ether oxygens (including phenoxy) is 1. The molecule has 0 radical (unpaired) electrons. The third kappa shape index (κ3) is 4.43. The van der Waals surface area contributed by atoms with Gasteiger partial charge in [-0.15, -0.1) is 0 Å². The molecule has 0 aliphatic carbocycles. The molecule has 1 aliphatic rings. The van der Waals surface area contributed by atoms with Crippen LogP contribution in [0.2, 0.25) is 0 Å². The molecule has 1 saturated heterocycles. The third-order valence-electron chi connectivity index (χ3n) is 5.46. The fourth-order valence-electron chi connectivity index (χ4n) is 3.91. The van der Waals surface area contributed by atoms with Crippen LogP contribution in [-0.4, -0.2) is 56.6 Å². The molecule has 2 heterocycles. The predicted molar refractivity (Wildman–Crippen MR) is 111 cm³/mol. The molecule has 1 aromatic carbocycles. The van der Waals surface area contributed by atoms with Crippen molar-refractivity contribution in [2.75, 3.05) is 13.1 Å². The summed E-state index contributed by atoms with van der Waals surface area (Å²) in [5.41, 5.74) is 2.58. The molecule has 0 spiro atoms. The quantitative estimate of drug-likeness (QED) is 0.784. The Morgan fingerprint density at radius 3 is 2.54 bits per heavy atom. The maximum Gasteiger partial charge on any atom is 0.410 e. The number of benzene rings is 1. The van der Waals surface area contributed by atoms with Crippen LogP contribution in [-0.2, 0) is 4.74 Å². The van der Waals surface area contributed by atoms with Crippen molar-refractivity contribution in [1.82, 2.24) is 19.8 Å². The van der Waals surface area contributed by atoms with Gasteiger partial charge in [0.05, 0.1) is 11.0 Å². The zero-order valence-electron chi connectivity index (χ0n) is 17.8. The van der Waals surface area contributed by atoms with Gasteiger partial charge < -0.3 is 9.64 Å². The smallest absolute Gasteiger partial charge is 0.410 e. The summed E-state index contributed by atoms with van der Waals surface area (Å²) >= 11 is 0. The van der Waals surface area contributed by atoms with E-state index >= 15 is 0 Å². The second kappa shape index (κ2) is 8.03. The van der Waals surface area contributed by atoms with Crippen molar-refractivity contribution in [3.63, 3.8) is 0 Å². The average molecular weight is 385 g/mol. The third-order valence-corrected chi connectivity index (χ3v) is 5.46. The van der Waals surface area contributed by atoms with Crippen LogP contribution < -0.4 is 0 Å². The lowest BCUT2D eigenvalue weighted by atomic mass is 9.98. The highest BCUT2D eigenvalue weighted by Crippen LogP contribution is 2.30. The largest absolute Gasteiger partial charge is 0.444 e. The standard InChI is InChI=1S/C22H32N4O2/c1-7-18-14-25(21(27)28-22(4,5)6)15(2)13-26(18)16(3)17-8-9-19-20(12-17)24-11-10-23-19/h8-12,15-16,18H,7,13-14H2,1-6H3/t15-,16?,18+/m0/s1. The highest BCUT2D eigenvalue weighted by atomic mass is 16.6. The van der Waals surface area contributed by atoms with Crippen LogP contribution in [0.3, 0.4) is 0 Å². The number of fused-ring (bicyclic) bond motifs is 1. The van der Waals surface area contributed by atoms with Crippen molar-refractivity contribution in [2.24, 2.45) is 0 Å². The van der Waals surface area contributed by atoms with E-state index in [1.807, 2.05) is 31.7 Å². The molecular formula is C22H32N4O2. The second-order valence-electron chi connectivity index (χ2n) is 8.72. The first-order valence-corrected chi connectivity index (χ1v) is 10.2. The zero-order valence-corrected chi connectivity index (χ0v) is 17.8. The Morgan fingerprint density at radius 2 is 1.89 bits per heavy atom.